The molecule has 0 radical (unpaired) electrons. The van der Waals surface area contributed by atoms with Crippen molar-refractivity contribution < 1.29 is 4.79 Å². The molecule has 110 valence electrons. The Balaban J connectivity index is 1.87. The normalized spacial score (nSPS) is 18.4. The number of ketones is 1. The molecule has 2 heteroatoms. The molecule has 2 N–H and O–H groups in total. The molecule has 0 heterocycles. The van der Waals surface area contributed by atoms with Crippen LogP contribution in [0.5, 0.6) is 0 Å². The van der Waals surface area contributed by atoms with Gasteiger partial charge in [-0.2, -0.15) is 0 Å². The lowest BCUT2D eigenvalue weighted by molar-refractivity contribution is 0.0922. The molecule has 1 saturated carbocycles. The van der Waals surface area contributed by atoms with E-state index in [2.05, 4.69) is 12.1 Å². The van der Waals surface area contributed by atoms with E-state index in [1.54, 1.807) is 0 Å². The summed E-state index contributed by atoms with van der Waals surface area (Å²) in [5.41, 5.74) is 8.01. The van der Waals surface area contributed by atoms with Gasteiger partial charge in [0.15, 0.2) is 5.78 Å². The fourth-order valence-corrected chi connectivity index (χ4v) is 2.82. The highest BCUT2D eigenvalue weighted by Gasteiger charge is 2.20. The van der Waals surface area contributed by atoms with Crippen LogP contribution in [0.2, 0.25) is 0 Å². The van der Waals surface area contributed by atoms with Crippen LogP contribution in [0.15, 0.2) is 24.3 Å². The smallest absolute Gasteiger partial charge is 0.165 e. The number of nitrogens with two attached hydrogens (primary N) is 1. The van der Waals surface area contributed by atoms with Crippen LogP contribution in [0.4, 0.5) is 0 Å². The topological polar surface area (TPSA) is 43.1 Å². The third-order valence-corrected chi connectivity index (χ3v) is 4.52. The van der Waals surface area contributed by atoms with Crippen molar-refractivity contribution in [3.63, 3.8) is 0 Å². The van der Waals surface area contributed by atoms with Crippen molar-refractivity contribution in [3.05, 3.63) is 35.4 Å². The highest BCUT2D eigenvalue weighted by atomic mass is 16.1. The minimum Gasteiger partial charge on any atom is -0.328 e. The summed E-state index contributed by atoms with van der Waals surface area (Å²) in [7, 11) is 0. The first kappa shape index (κ1) is 15.2. The zero-order chi connectivity index (χ0) is 14.5. The third kappa shape index (κ3) is 3.92. The number of Topliss-reactive ketones (excluding diaryl/α,β-unsaturated/α-hetero) is 1. The fourth-order valence-electron chi connectivity index (χ4n) is 2.82. The number of hydrogen-bond donors (Lipinski definition) is 1. The largest absolute Gasteiger partial charge is 0.328 e. The van der Waals surface area contributed by atoms with Gasteiger partial charge in [0.05, 0.1) is 0 Å². The zero-order valence-corrected chi connectivity index (χ0v) is 12.8. The average molecular weight is 273 g/mol. The van der Waals surface area contributed by atoms with E-state index in [1.807, 2.05) is 26.0 Å². The predicted molar refractivity (Wildman–Crippen MR) is 84.0 cm³/mol. The van der Waals surface area contributed by atoms with E-state index in [0.29, 0.717) is 0 Å². The van der Waals surface area contributed by atoms with Gasteiger partial charge in [0, 0.05) is 17.5 Å². The van der Waals surface area contributed by atoms with Crippen molar-refractivity contribution in [1.82, 2.24) is 0 Å². The van der Waals surface area contributed by atoms with Gasteiger partial charge in [0.2, 0.25) is 0 Å². The molecule has 2 rings (SSSR count). The number of carbonyl (C=O) groups is 1. The Morgan fingerprint density at radius 2 is 1.85 bits per heavy atom. The first-order valence-corrected chi connectivity index (χ1v) is 7.97. The molecule has 1 aromatic carbocycles. The van der Waals surface area contributed by atoms with Gasteiger partial charge in [-0.3, -0.25) is 4.79 Å². The highest BCUT2D eigenvalue weighted by Crippen LogP contribution is 2.36. The molecule has 0 amide bonds. The SMILES string of the molecule is CC(N)CCCC(C)C(=O)c1ccc(C2CCC2)cc1. The highest BCUT2D eigenvalue weighted by molar-refractivity contribution is 5.97. The second-order valence-corrected chi connectivity index (χ2v) is 6.42. The number of benzene rings is 1. The maximum Gasteiger partial charge on any atom is 0.165 e. The summed E-state index contributed by atoms with van der Waals surface area (Å²) in [6.45, 7) is 4.05. The number of hydrogen-bond acceptors (Lipinski definition) is 2. The Hall–Kier alpha value is -1.15. The van der Waals surface area contributed by atoms with E-state index < -0.39 is 0 Å². The van der Waals surface area contributed by atoms with Gasteiger partial charge >= 0.3 is 0 Å². The van der Waals surface area contributed by atoms with Gasteiger partial charge in [0.25, 0.3) is 0 Å². The molecule has 1 aliphatic carbocycles. The Morgan fingerprint density at radius 3 is 2.35 bits per heavy atom. The Bertz CT molecular complexity index is 431. The fraction of sp³-hybridized carbons (Fsp3) is 0.611. The van der Waals surface area contributed by atoms with E-state index in [4.69, 9.17) is 5.73 Å². The van der Waals surface area contributed by atoms with Gasteiger partial charge in [-0.05, 0) is 44.1 Å². The molecule has 0 spiro atoms. The molecule has 0 saturated heterocycles. The molecule has 1 aromatic rings. The van der Waals surface area contributed by atoms with Gasteiger partial charge in [-0.15, -0.1) is 0 Å². The van der Waals surface area contributed by atoms with Crippen molar-refractivity contribution in [1.29, 1.82) is 0 Å². The van der Waals surface area contributed by atoms with Gasteiger partial charge in [0.1, 0.15) is 0 Å². The van der Waals surface area contributed by atoms with Crippen molar-refractivity contribution in [2.45, 2.75) is 64.3 Å². The average Bonchev–Trinajstić information content (AvgIpc) is 2.36. The van der Waals surface area contributed by atoms with E-state index in [9.17, 15) is 4.79 Å². The maximum absolute atomic E-state index is 12.4. The van der Waals surface area contributed by atoms with Crippen molar-refractivity contribution in [3.8, 4) is 0 Å². The van der Waals surface area contributed by atoms with Crippen LogP contribution in [0.1, 0.15) is 74.2 Å². The lowest BCUT2D eigenvalue weighted by Crippen LogP contribution is -2.16. The van der Waals surface area contributed by atoms with Crippen LogP contribution in [-0.2, 0) is 0 Å². The predicted octanol–water partition coefficient (Wildman–Crippen LogP) is 4.29. The number of carbonyl (C=O) groups excluding carboxylic acids is 1. The van der Waals surface area contributed by atoms with Crippen LogP contribution in [0.25, 0.3) is 0 Å². The van der Waals surface area contributed by atoms with Crippen LogP contribution >= 0.6 is 0 Å². The lowest BCUT2D eigenvalue weighted by atomic mass is 9.79. The summed E-state index contributed by atoms with van der Waals surface area (Å²) in [5.74, 6) is 1.11. The summed E-state index contributed by atoms with van der Waals surface area (Å²) in [4.78, 5) is 12.4. The van der Waals surface area contributed by atoms with E-state index in [1.165, 1.54) is 24.8 Å². The second-order valence-electron chi connectivity index (χ2n) is 6.42. The maximum atomic E-state index is 12.4. The molecular formula is C18H27NO. The first-order valence-electron chi connectivity index (χ1n) is 7.97. The summed E-state index contributed by atoms with van der Waals surface area (Å²) in [5, 5.41) is 0. The summed E-state index contributed by atoms with van der Waals surface area (Å²) in [6.07, 6.45) is 6.93. The molecule has 2 atom stereocenters. The standard InChI is InChI=1S/C18H27NO/c1-13(5-3-6-14(2)19)18(20)17-11-9-16(10-12-17)15-7-4-8-15/h9-15H,3-8,19H2,1-2H3. The zero-order valence-electron chi connectivity index (χ0n) is 12.8. The quantitative estimate of drug-likeness (QED) is 0.753. The van der Waals surface area contributed by atoms with Crippen molar-refractivity contribution in [2.24, 2.45) is 11.7 Å². The monoisotopic (exact) mass is 273 g/mol. The minimum atomic E-state index is 0.100. The summed E-state index contributed by atoms with van der Waals surface area (Å²) in [6, 6.07) is 8.55. The summed E-state index contributed by atoms with van der Waals surface area (Å²) < 4.78 is 0. The molecule has 0 bridgehead atoms. The van der Waals surface area contributed by atoms with Gasteiger partial charge < -0.3 is 5.73 Å². The Morgan fingerprint density at radius 1 is 1.20 bits per heavy atom. The molecule has 2 nitrogen and oxygen atoms in total. The Kier molecular flexibility index (Phi) is 5.36. The van der Waals surface area contributed by atoms with Crippen LogP contribution < -0.4 is 5.73 Å². The molecule has 0 aliphatic heterocycles. The number of rotatable bonds is 7. The third-order valence-electron chi connectivity index (χ3n) is 4.52. The lowest BCUT2D eigenvalue weighted by Gasteiger charge is -2.25. The minimum absolute atomic E-state index is 0.100. The Labute approximate surface area is 122 Å². The van der Waals surface area contributed by atoms with Crippen LogP contribution in [0, 0.1) is 5.92 Å². The van der Waals surface area contributed by atoms with Crippen molar-refractivity contribution >= 4 is 5.78 Å². The van der Waals surface area contributed by atoms with Crippen LogP contribution in [0.3, 0.4) is 0 Å². The molecule has 2 unspecified atom stereocenters. The molecular weight excluding hydrogens is 246 g/mol. The molecule has 1 fully saturated rings. The van der Waals surface area contributed by atoms with Gasteiger partial charge in [-0.1, -0.05) is 44.0 Å². The second kappa shape index (κ2) is 7.03. The van der Waals surface area contributed by atoms with E-state index in [0.717, 1.165) is 30.7 Å². The van der Waals surface area contributed by atoms with Gasteiger partial charge in [-0.25, -0.2) is 0 Å². The molecule has 0 aromatic heterocycles. The summed E-state index contributed by atoms with van der Waals surface area (Å²) >= 11 is 0. The molecule has 20 heavy (non-hydrogen) atoms. The van der Waals surface area contributed by atoms with E-state index >= 15 is 0 Å². The first-order chi connectivity index (χ1) is 9.58. The van der Waals surface area contributed by atoms with Crippen LogP contribution in [-0.4, -0.2) is 11.8 Å². The van der Waals surface area contributed by atoms with E-state index in [-0.39, 0.29) is 17.7 Å². The van der Waals surface area contributed by atoms with Crippen molar-refractivity contribution in [2.75, 3.05) is 0 Å². The molecule has 1 aliphatic rings.